The molecule has 5 N–H and O–H groups in total. The van der Waals surface area contributed by atoms with Crippen molar-refractivity contribution in [1.29, 1.82) is 0 Å². The molecule has 4 unspecified atom stereocenters. The Morgan fingerprint density at radius 1 is 1.03 bits per heavy atom. The Kier molecular flexibility index (Phi) is 7.10. The van der Waals surface area contributed by atoms with Crippen LogP contribution in [0.25, 0.3) is 11.1 Å². The van der Waals surface area contributed by atoms with Crippen LogP contribution in [-0.2, 0) is 4.74 Å². The van der Waals surface area contributed by atoms with Crippen LogP contribution >= 0.6 is 0 Å². The minimum absolute atomic E-state index is 0.103. The maximum atomic E-state index is 12.2. The Balaban J connectivity index is 1.87. The highest BCUT2D eigenvalue weighted by Gasteiger charge is 2.46. The predicted molar refractivity (Wildman–Crippen MR) is 113 cm³/mol. The van der Waals surface area contributed by atoms with Crippen LogP contribution in [0.3, 0.4) is 0 Å². The number of rotatable bonds is 5. The third kappa shape index (κ3) is 4.64. The highest BCUT2D eigenvalue weighted by atomic mass is 16.6. The fraction of sp³-hybridized carbons (Fsp3) is 0.435. The molecule has 1 aliphatic rings. The number of amides is 1. The molecule has 2 aromatic carbocycles. The molecule has 1 fully saturated rings. The summed E-state index contributed by atoms with van der Waals surface area (Å²) in [6, 6.07) is 12.6. The molecule has 0 spiro atoms. The van der Waals surface area contributed by atoms with Crippen molar-refractivity contribution in [1.82, 2.24) is 4.90 Å². The first-order chi connectivity index (χ1) is 14.6. The van der Waals surface area contributed by atoms with Crippen molar-refractivity contribution in [3.63, 3.8) is 0 Å². The Hall–Kier alpha value is -2.33. The summed E-state index contributed by atoms with van der Waals surface area (Å²) in [4.78, 5) is 13.7. The van der Waals surface area contributed by atoms with E-state index >= 15 is 0 Å². The van der Waals surface area contributed by atoms with Crippen LogP contribution < -0.4 is 0 Å². The summed E-state index contributed by atoms with van der Waals surface area (Å²) in [5.74, 6) is -0.103. The van der Waals surface area contributed by atoms with Crippen molar-refractivity contribution in [3.05, 3.63) is 59.2 Å². The van der Waals surface area contributed by atoms with Crippen molar-refractivity contribution in [2.75, 3.05) is 20.7 Å². The van der Waals surface area contributed by atoms with Gasteiger partial charge in [0.15, 0.2) is 0 Å². The van der Waals surface area contributed by atoms with Crippen molar-refractivity contribution < 1.29 is 35.1 Å². The monoisotopic (exact) mass is 431 g/mol. The summed E-state index contributed by atoms with van der Waals surface area (Å²) in [5.41, 5.74) is 3.44. The molecule has 0 aliphatic carbocycles. The van der Waals surface area contributed by atoms with Gasteiger partial charge in [-0.2, -0.15) is 0 Å². The van der Waals surface area contributed by atoms with Gasteiger partial charge in [0.05, 0.1) is 6.61 Å². The molecule has 6 atom stereocenters. The van der Waals surface area contributed by atoms with Gasteiger partial charge in [0.25, 0.3) is 5.91 Å². The molecular weight excluding hydrogens is 402 g/mol. The van der Waals surface area contributed by atoms with Gasteiger partial charge in [0.2, 0.25) is 0 Å². The number of nitrogens with zero attached hydrogens (tertiary/aromatic N) is 1. The van der Waals surface area contributed by atoms with Gasteiger partial charge in [0, 0.05) is 19.7 Å². The number of aryl methyl sites for hydroxylation is 1. The minimum Gasteiger partial charge on any atom is -0.394 e. The van der Waals surface area contributed by atoms with Gasteiger partial charge in [-0.25, -0.2) is 0 Å². The summed E-state index contributed by atoms with van der Waals surface area (Å²) in [5, 5.41) is 50.4. The Morgan fingerprint density at radius 3 is 2.32 bits per heavy atom. The average molecular weight is 431 g/mol. The highest BCUT2D eigenvalue weighted by molar-refractivity contribution is 5.95. The van der Waals surface area contributed by atoms with E-state index < -0.39 is 43.2 Å². The second-order valence-electron chi connectivity index (χ2n) is 8.09. The normalized spacial score (nSPS) is 27.0. The molecule has 0 saturated carbocycles. The second-order valence-corrected chi connectivity index (χ2v) is 8.09. The van der Waals surface area contributed by atoms with E-state index in [1.54, 1.807) is 51.4 Å². The lowest BCUT2D eigenvalue weighted by atomic mass is 9.87. The SMILES string of the molecule is Cc1cc(-c2cccc(C(=O)N(C)C)c2)ccc1[C@@H](O)C1OC(CO)[C@@H](O)C(O)C1O. The average Bonchev–Trinajstić information content (AvgIpc) is 2.76. The van der Waals surface area contributed by atoms with E-state index in [4.69, 9.17) is 4.74 Å². The first-order valence-corrected chi connectivity index (χ1v) is 10.1. The maximum absolute atomic E-state index is 12.2. The van der Waals surface area contributed by atoms with Crippen molar-refractivity contribution in [3.8, 4) is 11.1 Å². The third-order valence-electron chi connectivity index (χ3n) is 5.68. The largest absolute Gasteiger partial charge is 0.394 e. The van der Waals surface area contributed by atoms with E-state index in [9.17, 15) is 30.3 Å². The number of hydrogen-bond acceptors (Lipinski definition) is 7. The molecule has 0 radical (unpaired) electrons. The molecule has 31 heavy (non-hydrogen) atoms. The molecule has 1 amide bonds. The number of aliphatic hydroxyl groups is 5. The molecule has 8 nitrogen and oxygen atoms in total. The number of aliphatic hydroxyl groups excluding tert-OH is 5. The van der Waals surface area contributed by atoms with Crippen LogP contribution in [0.1, 0.15) is 27.6 Å². The van der Waals surface area contributed by atoms with Gasteiger partial charge in [-0.1, -0.05) is 30.3 Å². The van der Waals surface area contributed by atoms with E-state index in [0.29, 0.717) is 16.7 Å². The summed E-state index contributed by atoms with van der Waals surface area (Å²) in [7, 11) is 3.38. The van der Waals surface area contributed by atoms with Crippen molar-refractivity contribution in [2.24, 2.45) is 0 Å². The van der Waals surface area contributed by atoms with Gasteiger partial charge in [-0.05, 0) is 41.3 Å². The third-order valence-corrected chi connectivity index (χ3v) is 5.68. The number of carbonyl (C=O) groups excluding carboxylic acids is 1. The van der Waals surface area contributed by atoms with Gasteiger partial charge >= 0.3 is 0 Å². The zero-order valence-corrected chi connectivity index (χ0v) is 17.7. The first-order valence-electron chi connectivity index (χ1n) is 10.1. The molecule has 8 heteroatoms. The first kappa shape index (κ1) is 23.3. The fourth-order valence-corrected chi connectivity index (χ4v) is 3.85. The summed E-state index contributed by atoms with van der Waals surface area (Å²) in [6.45, 7) is 1.23. The molecule has 1 heterocycles. The molecule has 1 aliphatic heterocycles. The highest BCUT2D eigenvalue weighted by Crippen LogP contribution is 2.33. The number of ether oxygens (including phenoxy) is 1. The van der Waals surface area contributed by atoms with E-state index in [0.717, 1.165) is 11.1 Å². The van der Waals surface area contributed by atoms with Crippen molar-refractivity contribution >= 4 is 5.91 Å². The summed E-state index contributed by atoms with van der Waals surface area (Å²) in [6.07, 6.45) is -8.16. The smallest absolute Gasteiger partial charge is 0.253 e. The van der Waals surface area contributed by atoms with Gasteiger partial charge in [-0.15, -0.1) is 0 Å². The van der Waals surface area contributed by atoms with E-state index in [1.807, 2.05) is 12.1 Å². The van der Waals surface area contributed by atoms with Gasteiger partial charge in [-0.3, -0.25) is 4.79 Å². The van der Waals surface area contributed by atoms with Gasteiger partial charge < -0.3 is 35.2 Å². The van der Waals surface area contributed by atoms with Crippen LogP contribution in [0.4, 0.5) is 0 Å². The van der Waals surface area contributed by atoms with E-state index in [-0.39, 0.29) is 5.91 Å². The number of carbonyl (C=O) groups is 1. The Labute approximate surface area is 181 Å². The molecular formula is C23H29NO7. The van der Waals surface area contributed by atoms with Crippen LogP contribution in [0.5, 0.6) is 0 Å². The molecule has 3 rings (SSSR count). The standard InChI is InChI=1S/C23H29NO7/c1-12-9-14(13-5-4-6-15(10-13)23(30)24(2)3)7-8-16(12)18(26)22-21(29)20(28)19(27)17(11-25)31-22/h4-10,17-22,25-29H,11H2,1-3H3/t17?,18-,19-,20?,21?,22?/m1/s1. The van der Waals surface area contributed by atoms with Crippen LogP contribution in [0.2, 0.25) is 0 Å². The Morgan fingerprint density at radius 2 is 1.71 bits per heavy atom. The summed E-state index contributed by atoms with van der Waals surface area (Å²) >= 11 is 0. The summed E-state index contributed by atoms with van der Waals surface area (Å²) < 4.78 is 5.48. The van der Waals surface area contributed by atoms with Crippen molar-refractivity contribution in [2.45, 2.75) is 43.5 Å². The molecule has 168 valence electrons. The lowest BCUT2D eigenvalue weighted by Crippen LogP contribution is -2.59. The van der Waals surface area contributed by atoms with E-state index in [1.165, 1.54) is 4.90 Å². The van der Waals surface area contributed by atoms with Gasteiger partial charge in [0.1, 0.15) is 36.6 Å². The zero-order valence-electron chi connectivity index (χ0n) is 17.7. The molecule has 0 bridgehead atoms. The predicted octanol–water partition coefficient (Wildman–Crippen LogP) is 0.240. The quantitative estimate of drug-likeness (QED) is 0.458. The number of hydrogen-bond donors (Lipinski definition) is 5. The van der Waals surface area contributed by atoms with Crippen LogP contribution in [-0.4, -0.2) is 87.6 Å². The molecule has 0 aromatic heterocycles. The number of benzene rings is 2. The molecule has 2 aromatic rings. The lowest BCUT2D eigenvalue weighted by Gasteiger charge is -2.42. The minimum atomic E-state index is -1.55. The second kappa shape index (κ2) is 9.44. The van der Waals surface area contributed by atoms with Crippen LogP contribution in [0.15, 0.2) is 42.5 Å². The van der Waals surface area contributed by atoms with E-state index in [2.05, 4.69) is 0 Å². The van der Waals surface area contributed by atoms with Crippen LogP contribution in [0, 0.1) is 6.92 Å². The fourth-order valence-electron chi connectivity index (χ4n) is 3.85. The Bertz CT molecular complexity index is 930. The molecule has 1 saturated heterocycles. The maximum Gasteiger partial charge on any atom is 0.253 e. The zero-order chi connectivity index (χ0) is 22.9. The lowest BCUT2D eigenvalue weighted by molar-refractivity contribution is -0.250. The topological polar surface area (TPSA) is 131 Å².